The molecule has 8 heteroatoms. The lowest BCUT2D eigenvalue weighted by molar-refractivity contribution is -0.136. The number of carboxylic acid groups (broad SMARTS) is 1. The average molecular weight is 382 g/mol. The number of nitrogens with one attached hydrogen (secondary N) is 1. The van der Waals surface area contributed by atoms with Crippen LogP contribution in [0.4, 0.5) is 5.69 Å². The second kappa shape index (κ2) is 5.88. The third kappa shape index (κ3) is 2.83. The minimum atomic E-state index is -3.36. The Balaban J connectivity index is 1.97. The molecule has 1 atom stereocenters. The van der Waals surface area contributed by atoms with Gasteiger partial charge in [-0.25, -0.2) is 8.42 Å². The van der Waals surface area contributed by atoms with Gasteiger partial charge in [0.2, 0.25) is 0 Å². The van der Waals surface area contributed by atoms with Crippen LogP contribution in [0.2, 0.25) is 0 Å². The summed E-state index contributed by atoms with van der Waals surface area (Å²) in [5.41, 5.74) is 1.88. The van der Waals surface area contributed by atoms with E-state index in [-0.39, 0.29) is 10.6 Å². The zero-order chi connectivity index (χ0) is 19.3. The summed E-state index contributed by atoms with van der Waals surface area (Å²) in [6.07, 6.45) is 2.39. The van der Waals surface area contributed by atoms with Crippen molar-refractivity contribution in [2.45, 2.75) is 10.8 Å². The largest absolute Gasteiger partial charge is 0.481 e. The van der Waals surface area contributed by atoms with Crippen LogP contribution in [-0.4, -0.2) is 36.9 Å². The Labute approximate surface area is 153 Å². The number of benzene rings is 2. The fourth-order valence-corrected chi connectivity index (χ4v) is 3.91. The van der Waals surface area contributed by atoms with Crippen LogP contribution in [0.3, 0.4) is 0 Å². The maximum atomic E-state index is 12.2. The highest BCUT2D eigenvalue weighted by Crippen LogP contribution is 2.36. The summed E-state index contributed by atoms with van der Waals surface area (Å²) in [5, 5.41) is 10.0. The molecule has 1 aromatic heterocycles. The molecule has 1 aliphatic rings. The first kappa shape index (κ1) is 17.2. The van der Waals surface area contributed by atoms with Crippen molar-refractivity contribution in [2.24, 2.45) is 4.99 Å². The molecule has 0 saturated carbocycles. The number of carboxylic acids is 1. The summed E-state index contributed by atoms with van der Waals surface area (Å²) in [7, 11) is -3.36. The van der Waals surface area contributed by atoms with Crippen molar-refractivity contribution >= 4 is 38.6 Å². The fourth-order valence-electron chi connectivity index (χ4n) is 3.25. The van der Waals surface area contributed by atoms with Crippen molar-refractivity contribution in [2.75, 3.05) is 6.26 Å². The van der Waals surface area contributed by atoms with Crippen molar-refractivity contribution in [1.82, 2.24) is 4.98 Å². The highest BCUT2D eigenvalue weighted by molar-refractivity contribution is 7.90. The Morgan fingerprint density at radius 1 is 1.15 bits per heavy atom. The number of aromatic nitrogens is 1. The summed E-state index contributed by atoms with van der Waals surface area (Å²) in [6.45, 7) is 0. The van der Waals surface area contributed by atoms with Crippen LogP contribution in [0.25, 0.3) is 22.0 Å². The van der Waals surface area contributed by atoms with E-state index in [9.17, 15) is 23.1 Å². The van der Waals surface area contributed by atoms with Gasteiger partial charge in [0.1, 0.15) is 11.6 Å². The molecule has 3 aromatic rings. The lowest BCUT2D eigenvalue weighted by Gasteiger charge is -2.11. The predicted molar refractivity (Wildman–Crippen MR) is 102 cm³/mol. The van der Waals surface area contributed by atoms with Gasteiger partial charge >= 0.3 is 5.97 Å². The number of sulfone groups is 1. The van der Waals surface area contributed by atoms with E-state index in [1.54, 1.807) is 36.4 Å². The predicted octanol–water partition coefficient (Wildman–Crippen LogP) is 2.48. The molecule has 27 heavy (non-hydrogen) atoms. The van der Waals surface area contributed by atoms with Gasteiger partial charge in [-0.1, -0.05) is 18.2 Å². The molecule has 2 heterocycles. The van der Waals surface area contributed by atoms with E-state index >= 15 is 0 Å². The number of nitrogens with zero attached hydrogens (tertiary/aromatic N) is 1. The third-order valence-corrected chi connectivity index (χ3v) is 5.66. The molecule has 2 aromatic carbocycles. The number of aliphatic carboxylic acids is 1. The minimum Gasteiger partial charge on any atom is -0.481 e. The first-order chi connectivity index (χ1) is 12.8. The van der Waals surface area contributed by atoms with Gasteiger partial charge in [-0.15, -0.1) is 0 Å². The highest BCUT2D eigenvalue weighted by Gasteiger charge is 2.30. The van der Waals surface area contributed by atoms with Gasteiger partial charge < -0.3 is 10.1 Å². The molecule has 136 valence electrons. The molecule has 4 rings (SSSR count). The summed E-state index contributed by atoms with van der Waals surface area (Å²) in [4.78, 5) is 30.6. The van der Waals surface area contributed by atoms with E-state index in [4.69, 9.17) is 0 Å². The van der Waals surface area contributed by atoms with Gasteiger partial charge in [0.25, 0.3) is 5.56 Å². The van der Waals surface area contributed by atoms with Crippen LogP contribution in [0.5, 0.6) is 0 Å². The van der Waals surface area contributed by atoms with E-state index < -0.39 is 27.3 Å². The quantitative estimate of drug-likeness (QED) is 0.722. The van der Waals surface area contributed by atoms with Gasteiger partial charge in [-0.2, -0.15) is 0 Å². The number of H-pyrrole nitrogens is 1. The molecular formula is C19H14N2O5S. The maximum absolute atomic E-state index is 12.2. The molecule has 1 aliphatic heterocycles. The minimum absolute atomic E-state index is 0.0944. The normalized spacial score (nSPS) is 15.8. The van der Waals surface area contributed by atoms with E-state index in [0.717, 1.165) is 6.26 Å². The number of hydrogen-bond donors (Lipinski definition) is 2. The summed E-state index contributed by atoms with van der Waals surface area (Å²) >= 11 is 0. The third-order valence-electron chi connectivity index (χ3n) is 4.55. The van der Waals surface area contributed by atoms with Gasteiger partial charge in [0.15, 0.2) is 9.84 Å². The molecular weight excluding hydrogens is 368 g/mol. The molecule has 2 N–H and O–H groups in total. The van der Waals surface area contributed by atoms with Crippen LogP contribution < -0.4 is 5.56 Å². The molecule has 1 unspecified atom stereocenters. The number of rotatable bonds is 3. The SMILES string of the molecule is CS(=O)(=O)c1cccc(-c2ccc3[nH]c(=O)c4c(c3c2)C(C(=O)O)C=N4)c1. The molecule has 0 bridgehead atoms. The van der Waals surface area contributed by atoms with Crippen LogP contribution in [-0.2, 0) is 14.6 Å². The molecule has 7 nitrogen and oxygen atoms in total. The molecule has 0 aliphatic carbocycles. The van der Waals surface area contributed by atoms with Crippen molar-refractivity contribution in [3.8, 4) is 11.1 Å². The second-order valence-corrected chi connectivity index (χ2v) is 8.39. The first-order valence-electron chi connectivity index (χ1n) is 8.03. The zero-order valence-electron chi connectivity index (χ0n) is 14.1. The first-order valence-corrected chi connectivity index (χ1v) is 9.92. The Hall–Kier alpha value is -3.26. The Bertz CT molecular complexity index is 1310. The summed E-state index contributed by atoms with van der Waals surface area (Å²) in [6, 6.07) is 11.7. The number of aromatic amines is 1. The fraction of sp³-hybridized carbons (Fsp3) is 0.105. The highest BCUT2D eigenvalue weighted by atomic mass is 32.2. The molecule has 0 radical (unpaired) electrons. The van der Waals surface area contributed by atoms with Crippen molar-refractivity contribution in [1.29, 1.82) is 0 Å². The summed E-state index contributed by atoms with van der Waals surface area (Å²) in [5.74, 6) is -2.09. The van der Waals surface area contributed by atoms with Gasteiger partial charge in [0, 0.05) is 28.9 Å². The number of hydrogen-bond acceptors (Lipinski definition) is 5. The van der Waals surface area contributed by atoms with Crippen molar-refractivity contribution in [3.63, 3.8) is 0 Å². The second-order valence-electron chi connectivity index (χ2n) is 6.37. The van der Waals surface area contributed by atoms with Crippen molar-refractivity contribution in [3.05, 3.63) is 58.4 Å². The summed E-state index contributed by atoms with van der Waals surface area (Å²) < 4.78 is 23.6. The average Bonchev–Trinajstić information content (AvgIpc) is 3.07. The van der Waals surface area contributed by atoms with Gasteiger partial charge in [-0.3, -0.25) is 14.6 Å². The van der Waals surface area contributed by atoms with Crippen LogP contribution >= 0.6 is 0 Å². The van der Waals surface area contributed by atoms with Crippen LogP contribution in [0, 0.1) is 0 Å². The van der Waals surface area contributed by atoms with Crippen LogP contribution in [0.1, 0.15) is 11.5 Å². The van der Waals surface area contributed by atoms with E-state index in [0.29, 0.717) is 27.6 Å². The Morgan fingerprint density at radius 2 is 1.89 bits per heavy atom. The van der Waals surface area contributed by atoms with Crippen LogP contribution in [0.15, 0.2) is 57.1 Å². The smallest absolute Gasteiger partial charge is 0.316 e. The van der Waals surface area contributed by atoms with E-state index in [1.807, 2.05) is 0 Å². The standard InChI is InChI=1S/C19H14N2O5S/c1-27(25,26)12-4-2-3-10(7-12)11-5-6-15-13(8-11)16-14(19(23)24)9-20-17(16)18(22)21-15/h2-9,14H,1H3,(H,21,22)(H,23,24). The van der Waals surface area contributed by atoms with Crippen molar-refractivity contribution < 1.29 is 18.3 Å². The Kier molecular flexibility index (Phi) is 3.74. The topological polar surface area (TPSA) is 117 Å². The van der Waals surface area contributed by atoms with E-state index in [1.165, 1.54) is 12.3 Å². The van der Waals surface area contributed by atoms with Gasteiger partial charge in [0.05, 0.1) is 4.90 Å². The zero-order valence-corrected chi connectivity index (χ0v) is 14.9. The lowest BCUT2D eigenvalue weighted by Crippen LogP contribution is -2.13. The Morgan fingerprint density at radius 3 is 2.59 bits per heavy atom. The number of aliphatic imine (C=N–C) groups is 1. The molecule has 0 spiro atoms. The monoisotopic (exact) mass is 382 g/mol. The van der Waals surface area contributed by atoms with E-state index in [2.05, 4.69) is 9.98 Å². The number of fused-ring (bicyclic) bond motifs is 3. The number of carbonyl (C=O) groups is 1. The number of pyridine rings is 1. The van der Waals surface area contributed by atoms with Gasteiger partial charge in [-0.05, 0) is 35.4 Å². The maximum Gasteiger partial charge on any atom is 0.316 e. The molecule has 0 fully saturated rings. The lowest BCUT2D eigenvalue weighted by atomic mass is 9.94. The molecule has 0 amide bonds. The molecule has 0 saturated heterocycles.